The quantitative estimate of drug-likeness (QED) is 0.340. The molecule has 1 aliphatic heterocycles. The van der Waals surface area contributed by atoms with Gasteiger partial charge >= 0.3 is 6.09 Å². The molecule has 3 aromatic rings. The average Bonchev–Trinajstić information content (AvgIpc) is 3.46. The first-order valence-corrected chi connectivity index (χ1v) is 14.2. The van der Waals surface area contributed by atoms with Crippen LogP contribution in [0, 0.1) is 5.82 Å². The van der Waals surface area contributed by atoms with Crippen molar-refractivity contribution in [1.29, 1.82) is 0 Å². The van der Waals surface area contributed by atoms with Crippen LogP contribution >= 0.6 is 11.6 Å². The smallest absolute Gasteiger partial charge is 0.414 e. The van der Waals surface area contributed by atoms with Crippen molar-refractivity contribution in [2.24, 2.45) is 0 Å². The molecule has 1 aliphatic rings. The van der Waals surface area contributed by atoms with E-state index in [4.69, 9.17) is 20.9 Å². The molecule has 4 rings (SSSR count). The molecule has 0 aliphatic carbocycles. The van der Waals surface area contributed by atoms with Gasteiger partial charge in [0.2, 0.25) is 17.7 Å². The van der Waals surface area contributed by atoms with E-state index in [0.29, 0.717) is 30.8 Å². The van der Waals surface area contributed by atoms with E-state index in [1.165, 1.54) is 11.0 Å². The number of anilines is 1. The number of carbonyl (C=O) groups is 3. The summed E-state index contributed by atoms with van der Waals surface area (Å²) in [6.07, 6.45) is 0.00347. The highest BCUT2D eigenvalue weighted by molar-refractivity contribution is 6.31. The number of benzene rings is 2. The van der Waals surface area contributed by atoms with Crippen LogP contribution in [0.1, 0.15) is 24.8 Å². The molecule has 224 valence electrons. The van der Waals surface area contributed by atoms with Crippen molar-refractivity contribution in [1.82, 2.24) is 19.9 Å². The Labute approximate surface area is 249 Å². The predicted octanol–water partition coefficient (Wildman–Crippen LogP) is 4.70. The second kappa shape index (κ2) is 14.8. The number of aryl methyl sites for hydroxylation is 1. The van der Waals surface area contributed by atoms with E-state index in [1.807, 2.05) is 42.3 Å². The Balaban J connectivity index is 1.36. The van der Waals surface area contributed by atoms with E-state index < -0.39 is 18.0 Å². The molecule has 2 heterocycles. The first kappa shape index (κ1) is 31.0. The van der Waals surface area contributed by atoms with Gasteiger partial charge in [-0.2, -0.15) is 0 Å². The van der Waals surface area contributed by atoms with Gasteiger partial charge in [-0.05, 0) is 31.5 Å². The molecule has 0 unspecified atom stereocenters. The third kappa shape index (κ3) is 8.53. The van der Waals surface area contributed by atoms with Crippen LogP contribution in [0.15, 0.2) is 59.1 Å². The van der Waals surface area contributed by atoms with Gasteiger partial charge in [0, 0.05) is 57.7 Å². The van der Waals surface area contributed by atoms with E-state index in [9.17, 15) is 18.8 Å². The van der Waals surface area contributed by atoms with Gasteiger partial charge in [-0.15, -0.1) is 0 Å². The first-order valence-electron chi connectivity index (χ1n) is 13.8. The molecule has 12 heteroatoms. The predicted molar refractivity (Wildman–Crippen MR) is 157 cm³/mol. The number of nitrogens with zero attached hydrogens (tertiary/aromatic N) is 4. The SMILES string of the molecule is CN1CCN(C(=O)CC[C@@H](COC(=O)Nc2cc(-c3ccccc3)no2)N(C)C(=O)CCc2cccc(F)c2Cl)CC1. The molecule has 0 radical (unpaired) electrons. The van der Waals surface area contributed by atoms with Gasteiger partial charge in [0.25, 0.3) is 0 Å². The van der Waals surface area contributed by atoms with Crippen molar-refractivity contribution in [3.63, 3.8) is 0 Å². The van der Waals surface area contributed by atoms with Crippen molar-refractivity contribution in [3.8, 4) is 11.3 Å². The number of rotatable bonds is 11. The van der Waals surface area contributed by atoms with Crippen molar-refractivity contribution in [2.45, 2.75) is 31.7 Å². The fourth-order valence-corrected chi connectivity index (χ4v) is 4.86. The Kier molecular flexibility index (Phi) is 10.9. The third-order valence-electron chi connectivity index (χ3n) is 7.34. The second-order valence-corrected chi connectivity index (χ2v) is 10.6. The molecule has 1 atom stereocenters. The Morgan fingerprint density at radius 2 is 1.83 bits per heavy atom. The van der Waals surface area contributed by atoms with E-state index in [1.54, 1.807) is 25.2 Å². The lowest BCUT2D eigenvalue weighted by atomic mass is 10.1. The molecule has 10 nitrogen and oxygen atoms in total. The lowest BCUT2D eigenvalue weighted by Crippen LogP contribution is -2.47. The standard InChI is InChI=1S/C30H35ClFN5O5/c1-35-15-17-37(18-16-35)28(39)14-12-23(36(2)27(38)13-11-22-9-6-10-24(32)29(22)31)20-41-30(40)33-26-19-25(34-42-26)21-7-4-3-5-8-21/h3-10,19,23H,11-18,20H2,1-2H3,(H,33,40)/t23-/m0/s1. The highest BCUT2D eigenvalue weighted by Gasteiger charge is 2.26. The average molecular weight is 600 g/mol. The maximum Gasteiger partial charge on any atom is 0.414 e. The Hall–Kier alpha value is -3.96. The highest BCUT2D eigenvalue weighted by Crippen LogP contribution is 2.23. The molecular weight excluding hydrogens is 565 g/mol. The number of hydrogen-bond acceptors (Lipinski definition) is 7. The summed E-state index contributed by atoms with van der Waals surface area (Å²) < 4.78 is 24.5. The van der Waals surface area contributed by atoms with E-state index in [-0.39, 0.29) is 48.6 Å². The summed E-state index contributed by atoms with van der Waals surface area (Å²) in [5.41, 5.74) is 1.90. The Morgan fingerprint density at radius 3 is 2.57 bits per heavy atom. The second-order valence-electron chi connectivity index (χ2n) is 10.3. The molecule has 1 saturated heterocycles. The van der Waals surface area contributed by atoms with Crippen molar-refractivity contribution < 1.29 is 28.0 Å². The number of nitrogens with one attached hydrogen (secondary N) is 1. The van der Waals surface area contributed by atoms with Gasteiger partial charge < -0.3 is 24.0 Å². The number of carbonyl (C=O) groups excluding carboxylic acids is 3. The third-order valence-corrected chi connectivity index (χ3v) is 7.76. The molecule has 0 spiro atoms. The maximum absolute atomic E-state index is 13.8. The molecule has 2 aromatic carbocycles. The fourth-order valence-electron chi connectivity index (χ4n) is 4.64. The largest absolute Gasteiger partial charge is 0.447 e. The van der Waals surface area contributed by atoms with Gasteiger partial charge in [0.05, 0.1) is 11.1 Å². The van der Waals surface area contributed by atoms with Crippen LogP contribution in [-0.2, 0) is 20.7 Å². The summed E-state index contributed by atoms with van der Waals surface area (Å²) in [6, 6.07) is 14.8. The van der Waals surface area contributed by atoms with Gasteiger partial charge in [0.15, 0.2) is 0 Å². The number of hydrogen-bond donors (Lipinski definition) is 1. The highest BCUT2D eigenvalue weighted by atomic mass is 35.5. The number of halogens is 2. The van der Waals surface area contributed by atoms with Gasteiger partial charge in [0.1, 0.15) is 18.1 Å². The summed E-state index contributed by atoms with van der Waals surface area (Å²) >= 11 is 6.05. The number of piperazine rings is 1. The summed E-state index contributed by atoms with van der Waals surface area (Å²) in [6.45, 7) is 2.74. The number of amides is 3. The Morgan fingerprint density at radius 1 is 1.10 bits per heavy atom. The van der Waals surface area contributed by atoms with Crippen LogP contribution in [0.25, 0.3) is 11.3 Å². The van der Waals surface area contributed by atoms with Gasteiger partial charge in [-0.1, -0.05) is 59.2 Å². The van der Waals surface area contributed by atoms with Gasteiger partial charge in [-0.3, -0.25) is 14.9 Å². The van der Waals surface area contributed by atoms with Crippen molar-refractivity contribution in [2.75, 3.05) is 52.2 Å². The maximum atomic E-state index is 13.8. The zero-order valence-electron chi connectivity index (χ0n) is 23.7. The van der Waals surface area contributed by atoms with Crippen LogP contribution in [0.3, 0.4) is 0 Å². The molecule has 42 heavy (non-hydrogen) atoms. The van der Waals surface area contributed by atoms with E-state index in [2.05, 4.69) is 15.4 Å². The lowest BCUT2D eigenvalue weighted by Gasteiger charge is -2.33. The van der Waals surface area contributed by atoms with E-state index in [0.717, 1.165) is 18.7 Å². The minimum atomic E-state index is -0.784. The normalized spacial score (nSPS) is 14.3. The topological polar surface area (TPSA) is 108 Å². The summed E-state index contributed by atoms with van der Waals surface area (Å²) in [5, 5.41) is 6.47. The number of ether oxygens (including phenoxy) is 1. The zero-order chi connectivity index (χ0) is 30.1. The first-order chi connectivity index (χ1) is 20.2. The minimum absolute atomic E-state index is 0.00915. The zero-order valence-corrected chi connectivity index (χ0v) is 24.5. The lowest BCUT2D eigenvalue weighted by molar-refractivity contribution is -0.136. The molecule has 1 fully saturated rings. The van der Waals surface area contributed by atoms with Crippen LogP contribution in [0.5, 0.6) is 0 Å². The van der Waals surface area contributed by atoms with Crippen molar-refractivity contribution in [3.05, 3.63) is 71.0 Å². The number of likely N-dealkylation sites (N-methyl/N-ethyl adjacent to an activating group) is 2. The number of aromatic nitrogens is 1. The molecule has 3 amide bonds. The summed E-state index contributed by atoms with van der Waals surface area (Å²) in [5.74, 6) is -0.700. The van der Waals surface area contributed by atoms with E-state index >= 15 is 0 Å². The Bertz CT molecular complexity index is 1360. The van der Waals surface area contributed by atoms with Gasteiger partial charge in [-0.25, -0.2) is 9.18 Å². The van der Waals surface area contributed by atoms with Crippen LogP contribution in [0.2, 0.25) is 5.02 Å². The summed E-state index contributed by atoms with van der Waals surface area (Å²) in [4.78, 5) is 44.1. The minimum Gasteiger partial charge on any atom is -0.447 e. The molecule has 0 bridgehead atoms. The molecule has 0 saturated carbocycles. The molecule has 1 aromatic heterocycles. The van der Waals surface area contributed by atoms with Crippen LogP contribution < -0.4 is 5.32 Å². The fraction of sp³-hybridized carbons (Fsp3) is 0.400. The monoisotopic (exact) mass is 599 g/mol. The molecule has 1 N–H and O–H groups in total. The van der Waals surface area contributed by atoms with Crippen LogP contribution in [-0.4, -0.2) is 90.7 Å². The van der Waals surface area contributed by atoms with Crippen LogP contribution in [0.4, 0.5) is 15.1 Å². The summed E-state index contributed by atoms with van der Waals surface area (Å²) in [7, 11) is 3.61. The molecular formula is C30H35ClFN5O5. The van der Waals surface area contributed by atoms with Crippen molar-refractivity contribution >= 4 is 35.4 Å².